The molecule has 0 spiro atoms. The van der Waals surface area contributed by atoms with Gasteiger partial charge in [-0.3, -0.25) is 14.2 Å². The number of nitrogen functional groups attached to an aromatic ring is 1. The topological polar surface area (TPSA) is 123 Å². The summed E-state index contributed by atoms with van der Waals surface area (Å²) in [6.07, 6.45) is -2.89. The molecule has 29 heavy (non-hydrogen) atoms. The lowest BCUT2D eigenvalue weighted by Gasteiger charge is -2.38. The number of nitrogens with zero attached hydrogens (tertiary/aromatic N) is 2. The number of carbonyl (C=O) groups excluding carboxylic acids is 2. The van der Waals surface area contributed by atoms with Gasteiger partial charge in [-0.2, -0.15) is 4.98 Å². The molecule has 0 aliphatic heterocycles. The molecular formula is C18H27ClFN3O6. The van der Waals surface area contributed by atoms with Crippen LogP contribution < -0.4 is 11.4 Å². The molecule has 1 rings (SSSR count). The molecule has 9 nitrogen and oxygen atoms in total. The highest BCUT2D eigenvalue weighted by Crippen LogP contribution is 2.31. The normalized spacial score (nSPS) is 15.6. The van der Waals surface area contributed by atoms with Crippen LogP contribution in [-0.4, -0.2) is 52.8 Å². The van der Waals surface area contributed by atoms with Crippen molar-refractivity contribution in [3.63, 3.8) is 0 Å². The van der Waals surface area contributed by atoms with E-state index in [0.717, 1.165) is 6.20 Å². The van der Waals surface area contributed by atoms with Gasteiger partial charge in [0, 0.05) is 13.3 Å². The van der Waals surface area contributed by atoms with Gasteiger partial charge in [-0.15, -0.1) is 11.6 Å². The number of rotatable bonds is 10. The van der Waals surface area contributed by atoms with Crippen LogP contribution in [0.3, 0.4) is 0 Å². The second-order valence-corrected chi connectivity index (χ2v) is 7.36. The summed E-state index contributed by atoms with van der Waals surface area (Å²) in [7, 11) is 1.21. The van der Waals surface area contributed by atoms with Crippen molar-refractivity contribution in [1.82, 2.24) is 9.55 Å². The van der Waals surface area contributed by atoms with Crippen molar-refractivity contribution in [3.8, 4) is 0 Å². The molecule has 0 aliphatic carbocycles. The third-order valence-electron chi connectivity index (χ3n) is 4.16. The summed E-state index contributed by atoms with van der Waals surface area (Å²) in [4.78, 5) is 39.7. The summed E-state index contributed by atoms with van der Waals surface area (Å²) in [5.41, 5.74) is 2.67. The van der Waals surface area contributed by atoms with E-state index in [4.69, 9.17) is 31.5 Å². The van der Waals surface area contributed by atoms with Crippen LogP contribution in [0.25, 0.3) is 0 Å². The summed E-state index contributed by atoms with van der Waals surface area (Å²) in [6.45, 7) is 5.84. The molecule has 0 radical (unpaired) electrons. The summed E-state index contributed by atoms with van der Waals surface area (Å²) in [5.74, 6) is -2.89. The van der Waals surface area contributed by atoms with Crippen LogP contribution in [0.1, 0.15) is 34.0 Å². The number of methoxy groups -OCH3 is 1. The summed E-state index contributed by atoms with van der Waals surface area (Å²) in [6, 6.07) is 1.21. The van der Waals surface area contributed by atoms with Crippen LogP contribution in [0.15, 0.2) is 17.1 Å². The maximum absolute atomic E-state index is 15.5. The van der Waals surface area contributed by atoms with Crippen LogP contribution in [0, 0.1) is 11.8 Å². The number of anilines is 1. The third kappa shape index (κ3) is 6.14. The van der Waals surface area contributed by atoms with Gasteiger partial charge in [0.15, 0.2) is 11.7 Å². The van der Waals surface area contributed by atoms with E-state index in [9.17, 15) is 14.4 Å². The second kappa shape index (κ2) is 10.5. The van der Waals surface area contributed by atoms with E-state index in [1.807, 2.05) is 0 Å². The van der Waals surface area contributed by atoms with E-state index in [0.29, 0.717) is 4.57 Å². The Morgan fingerprint density at radius 3 is 2.31 bits per heavy atom. The number of alkyl halides is 2. The van der Waals surface area contributed by atoms with Crippen LogP contribution in [0.4, 0.5) is 10.2 Å². The van der Waals surface area contributed by atoms with Crippen molar-refractivity contribution in [3.05, 3.63) is 22.7 Å². The van der Waals surface area contributed by atoms with Gasteiger partial charge >= 0.3 is 17.6 Å². The van der Waals surface area contributed by atoms with E-state index >= 15 is 4.39 Å². The van der Waals surface area contributed by atoms with Crippen LogP contribution >= 0.6 is 11.6 Å². The molecule has 0 unspecified atom stereocenters. The van der Waals surface area contributed by atoms with E-state index in [1.165, 1.54) is 13.2 Å². The fraction of sp³-hybridized carbons (Fsp3) is 0.667. The van der Waals surface area contributed by atoms with Gasteiger partial charge in [-0.25, -0.2) is 9.18 Å². The molecule has 3 atom stereocenters. The van der Waals surface area contributed by atoms with Crippen molar-refractivity contribution in [2.45, 2.75) is 45.7 Å². The first kappa shape index (κ1) is 24.8. The lowest BCUT2D eigenvalue weighted by molar-refractivity contribution is -0.199. The average Bonchev–Trinajstić information content (AvgIpc) is 2.66. The molecule has 1 aromatic heterocycles. The number of nitrogens with two attached hydrogens (primary N) is 1. The summed E-state index contributed by atoms with van der Waals surface area (Å²) in [5, 5.41) is 0. The number of ether oxygens (including phenoxy) is 3. The van der Waals surface area contributed by atoms with E-state index in [2.05, 4.69) is 4.98 Å². The smallest absolute Gasteiger partial charge is 0.351 e. The lowest BCUT2D eigenvalue weighted by atomic mass is 9.97. The number of hydrogen-bond acceptors (Lipinski definition) is 8. The van der Waals surface area contributed by atoms with E-state index < -0.39 is 60.0 Å². The monoisotopic (exact) mass is 435 g/mol. The van der Waals surface area contributed by atoms with Crippen molar-refractivity contribution in [1.29, 1.82) is 0 Å². The fourth-order valence-corrected chi connectivity index (χ4v) is 2.56. The molecule has 164 valence electrons. The minimum absolute atomic E-state index is 0.101. The highest BCUT2D eigenvalue weighted by Gasteiger charge is 2.49. The van der Waals surface area contributed by atoms with Gasteiger partial charge in [0.2, 0.25) is 6.30 Å². The van der Waals surface area contributed by atoms with Gasteiger partial charge in [-0.1, -0.05) is 27.7 Å². The Morgan fingerprint density at radius 1 is 1.28 bits per heavy atom. The fourth-order valence-electron chi connectivity index (χ4n) is 2.22. The molecule has 1 aromatic rings. The molecule has 0 bridgehead atoms. The molecule has 11 heteroatoms. The predicted octanol–water partition coefficient (Wildman–Crippen LogP) is 1.68. The third-order valence-corrected chi connectivity index (χ3v) is 4.62. The molecule has 0 aromatic carbocycles. The van der Waals surface area contributed by atoms with Crippen LogP contribution in [0.5, 0.6) is 0 Å². The Labute approximate surface area is 173 Å². The number of hydrogen-bond donors (Lipinski definition) is 1. The predicted molar refractivity (Wildman–Crippen MR) is 104 cm³/mol. The number of carbonyl (C=O) groups is 2. The molecule has 0 amide bonds. The van der Waals surface area contributed by atoms with Gasteiger partial charge in [-0.05, 0) is 6.07 Å². The van der Waals surface area contributed by atoms with Crippen molar-refractivity contribution in [2.75, 3.05) is 25.3 Å². The number of halogens is 2. The zero-order chi connectivity index (χ0) is 22.4. The van der Waals surface area contributed by atoms with Crippen molar-refractivity contribution >= 4 is 29.4 Å². The minimum atomic E-state index is -2.24. The molecule has 0 aliphatic rings. The molecule has 0 saturated heterocycles. The minimum Gasteiger partial charge on any atom is -0.462 e. The van der Waals surface area contributed by atoms with E-state index in [1.54, 1.807) is 27.7 Å². The first-order chi connectivity index (χ1) is 13.5. The highest BCUT2D eigenvalue weighted by molar-refractivity contribution is 6.18. The van der Waals surface area contributed by atoms with E-state index in [-0.39, 0.29) is 5.82 Å². The highest BCUT2D eigenvalue weighted by atomic mass is 35.5. The molecule has 0 saturated carbocycles. The Bertz CT molecular complexity index is 766. The zero-order valence-electron chi connectivity index (χ0n) is 17.1. The molecule has 1 heterocycles. The van der Waals surface area contributed by atoms with Crippen LogP contribution in [-0.2, 0) is 23.8 Å². The first-order valence-electron chi connectivity index (χ1n) is 8.96. The molecular weight excluding hydrogens is 409 g/mol. The molecule has 2 N–H and O–H groups in total. The number of aromatic nitrogens is 2. The Balaban J connectivity index is 3.39. The van der Waals surface area contributed by atoms with Crippen molar-refractivity contribution in [2.24, 2.45) is 11.8 Å². The summed E-state index contributed by atoms with van der Waals surface area (Å²) < 4.78 is 32.0. The van der Waals surface area contributed by atoms with Gasteiger partial charge in [0.1, 0.15) is 12.4 Å². The largest absolute Gasteiger partial charge is 0.462 e. The lowest BCUT2D eigenvalue weighted by Crippen LogP contribution is -2.56. The maximum atomic E-state index is 15.5. The maximum Gasteiger partial charge on any atom is 0.351 e. The van der Waals surface area contributed by atoms with Gasteiger partial charge in [0.25, 0.3) is 0 Å². The second-order valence-electron chi connectivity index (χ2n) is 7.09. The Morgan fingerprint density at radius 2 is 1.86 bits per heavy atom. The zero-order valence-corrected chi connectivity index (χ0v) is 17.8. The SMILES string of the molecule is CO[C@](CCl)(COC(=O)C(C)C)[C@@H](OC(=O)C(C)C)[C@@H](F)n1ccc(N)nc1=O. The first-order valence-corrected chi connectivity index (χ1v) is 9.49. The number of esters is 2. The van der Waals surface area contributed by atoms with Gasteiger partial charge in [0.05, 0.1) is 17.7 Å². The Kier molecular flexibility index (Phi) is 9.03. The van der Waals surface area contributed by atoms with Gasteiger partial charge < -0.3 is 19.9 Å². The van der Waals surface area contributed by atoms with Crippen molar-refractivity contribution < 1.29 is 28.2 Å². The van der Waals surface area contributed by atoms with Crippen LogP contribution in [0.2, 0.25) is 0 Å². The average molecular weight is 436 g/mol. The molecule has 0 fully saturated rings. The summed E-state index contributed by atoms with van der Waals surface area (Å²) >= 11 is 6.04. The Hall–Kier alpha value is -2.20. The standard InChI is InChI=1S/C18H27ClFN3O6/c1-10(2)15(24)28-9-18(8-19,27-5)13(29-16(25)11(3)4)14(20)23-7-6-12(21)22-17(23)26/h6-7,10-11,13-14H,8-9H2,1-5H3,(H2,21,22,26)/t13-,14-,18+/m0/s1. The quantitative estimate of drug-likeness (QED) is 0.435.